The Hall–Kier alpha value is -1.80. The van der Waals surface area contributed by atoms with Crippen LogP contribution in [0.25, 0.3) is 0 Å². The molecule has 0 aromatic carbocycles. The molecule has 0 saturated carbocycles. The van der Waals surface area contributed by atoms with E-state index >= 15 is 0 Å². The van der Waals surface area contributed by atoms with Crippen LogP contribution in [0.1, 0.15) is 194 Å². The zero-order valence-corrected chi connectivity index (χ0v) is 39.2. The number of quaternary nitrogens is 1. The molecule has 0 radical (unpaired) electrons. The Balaban J connectivity index is 4.45. The van der Waals surface area contributed by atoms with E-state index in [1.807, 2.05) is 27.2 Å². The SMILES string of the molecule is CC/C=C\C/C=C\C/C=C\CCCCCCCCCC(=O)NC(COP(=O)(O)OCC[N+](C)(C)C)C(O)/C=C/CC/C=C/CCCCCCCCCCCCCCC. The van der Waals surface area contributed by atoms with Crippen LogP contribution in [0.15, 0.2) is 60.8 Å². The van der Waals surface area contributed by atoms with Crippen LogP contribution in [0.2, 0.25) is 0 Å². The lowest BCUT2D eigenvalue weighted by molar-refractivity contribution is -0.870. The molecule has 0 bridgehead atoms. The lowest BCUT2D eigenvalue weighted by Crippen LogP contribution is -2.45. The van der Waals surface area contributed by atoms with Crippen LogP contribution in [-0.4, -0.2) is 73.4 Å². The Kier molecular flexibility index (Phi) is 39.3. The predicted octanol–water partition coefficient (Wildman–Crippen LogP) is 13.4. The average Bonchev–Trinajstić information content (AvgIpc) is 3.17. The number of rotatable bonds is 42. The van der Waals surface area contributed by atoms with Crippen LogP contribution in [0, 0.1) is 0 Å². The van der Waals surface area contributed by atoms with E-state index in [1.165, 1.54) is 103 Å². The Labute approximate surface area is 358 Å². The maximum atomic E-state index is 12.9. The van der Waals surface area contributed by atoms with Gasteiger partial charge in [-0.25, -0.2) is 4.57 Å². The number of aliphatic hydroxyl groups is 1. The van der Waals surface area contributed by atoms with Crippen molar-refractivity contribution >= 4 is 13.7 Å². The van der Waals surface area contributed by atoms with Gasteiger partial charge in [0.1, 0.15) is 13.2 Å². The van der Waals surface area contributed by atoms with E-state index in [-0.39, 0.29) is 19.1 Å². The highest BCUT2D eigenvalue weighted by Gasteiger charge is 2.27. The van der Waals surface area contributed by atoms with Crippen molar-refractivity contribution in [1.29, 1.82) is 0 Å². The van der Waals surface area contributed by atoms with Gasteiger partial charge in [-0.2, -0.15) is 0 Å². The first-order valence-corrected chi connectivity index (χ1v) is 25.2. The van der Waals surface area contributed by atoms with Crippen molar-refractivity contribution in [3.8, 4) is 0 Å². The summed E-state index contributed by atoms with van der Waals surface area (Å²) >= 11 is 0. The molecular formula is C49H92N2O6P+. The summed E-state index contributed by atoms with van der Waals surface area (Å²) in [5.74, 6) is -0.199. The minimum atomic E-state index is -4.35. The van der Waals surface area contributed by atoms with E-state index < -0.39 is 20.0 Å². The molecule has 0 heterocycles. The smallest absolute Gasteiger partial charge is 0.387 e. The second-order valence-electron chi connectivity index (χ2n) is 17.1. The third-order valence-electron chi connectivity index (χ3n) is 10.2. The molecule has 1 amide bonds. The molecule has 0 aliphatic rings. The molecule has 0 spiro atoms. The van der Waals surface area contributed by atoms with Gasteiger partial charge >= 0.3 is 7.82 Å². The number of nitrogens with zero attached hydrogens (tertiary/aromatic N) is 1. The molecular weight excluding hydrogens is 744 g/mol. The second-order valence-corrected chi connectivity index (χ2v) is 18.5. The number of hydrogen-bond donors (Lipinski definition) is 3. The molecule has 3 unspecified atom stereocenters. The quantitative estimate of drug-likeness (QED) is 0.0245. The zero-order chi connectivity index (χ0) is 42.8. The first kappa shape index (κ1) is 56.2. The number of allylic oxidation sites excluding steroid dienone is 9. The average molecular weight is 836 g/mol. The van der Waals surface area contributed by atoms with Gasteiger partial charge in [0.05, 0.1) is 39.9 Å². The first-order valence-electron chi connectivity index (χ1n) is 23.7. The molecule has 3 atom stereocenters. The molecule has 0 saturated heterocycles. The monoisotopic (exact) mass is 836 g/mol. The van der Waals surface area contributed by atoms with E-state index in [1.54, 1.807) is 6.08 Å². The number of amides is 1. The summed E-state index contributed by atoms with van der Waals surface area (Å²) < 4.78 is 23.6. The van der Waals surface area contributed by atoms with Crippen molar-refractivity contribution in [1.82, 2.24) is 5.32 Å². The lowest BCUT2D eigenvalue weighted by Gasteiger charge is -2.25. The van der Waals surface area contributed by atoms with Gasteiger partial charge < -0.3 is 19.8 Å². The van der Waals surface area contributed by atoms with Crippen LogP contribution in [0.5, 0.6) is 0 Å². The third-order valence-corrected chi connectivity index (χ3v) is 11.2. The minimum absolute atomic E-state index is 0.0517. The van der Waals surface area contributed by atoms with E-state index in [2.05, 4.69) is 67.8 Å². The molecule has 58 heavy (non-hydrogen) atoms. The maximum absolute atomic E-state index is 12.9. The van der Waals surface area contributed by atoms with Gasteiger partial charge in [-0.15, -0.1) is 0 Å². The number of unbranched alkanes of at least 4 members (excludes halogenated alkanes) is 21. The molecule has 0 aliphatic carbocycles. The highest BCUT2D eigenvalue weighted by Crippen LogP contribution is 2.43. The summed E-state index contributed by atoms with van der Waals surface area (Å²) in [7, 11) is 1.54. The number of phosphoric ester groups is 1. The fraction of sp³-hybridized carbons (Fsp3) is 0.776. The van der Waals surface area contributed by atoms with Gasteiger partial charge in [0, 0.05) is 6.42 Å². The van der Waals surface area contributed by atoms with Crippen LogP contribution < -0.4 is 5.32 Å². The molecule has 338 valence electrons. The zero-order valence-electron chi connectivity index (χ0n) is 38.3. The van der Waals surface area contributed by atoms with Gasteiger partial charge in [-0.1, -0.05) is 184 Å². The van der Waals surface area contributed by atoms with Gasteiger partial charge in [0.25, 0.3) is 0 Å². The molecule has 8 nitrogen and oxygen atoms in total. The third kappa shape index (κ3) is 42.3. The molecule has 0 aromatic rings. The van der Waals surface area contributed by atoms with Crippen molar-refractivity contribution in [2.24, 2.45) is 0 Å². The van der Waals surface area contributed by atoms with Gasteiger partial charge in [-0.3, -0.25) is 13.8 Å². The number of carbonyl (C=O) groups is 1. The van der Waals surface area contributed by atoms with Crippen molar-refractivity contribution in [3.05, 3.63) is 60.8 Å². The number of hydrogen-bond acceptors (Lipinski definition) is 5. The standard InChI is InChI=1S/C49H91N2O6P/c1-6-8-10-12-14-16-18-20-22-24-25-27-28-30-32-34-36-38-40-42-48(52)47(46-57-58(54,55)56-45-44-51(3,4)5)50-49(53)43-41-39-37-35-33-31-29-26-23-21-19-17-15-13-11-9-7-2/h9,11,15,17,21,23,32,34,40,42,47-48,52H,6-8,10,12-14,16,18-20,22,24-31,33,35-39,41,43-46H2,1-5H3,(H-,50,53,54,55)/p+1/b11-9-,17-15-,23-21-,34-32+,42-40+. The summed E-state index contributed by atoms with van der Waals surface area (Å²) in [5, 5.41) is 13.8. The summed E-state index contributed by atoms with van der Waals surface area (Å²) in [6, 6.07) is -0.870. The van der Waals surface area contributed by atoms with Gasteiger partial charge in [-0.05, 0) is 64.2 Å². The van der Waals surface area contributed by atoms with E-state index in [9.17, 15) is 19.4 Å². The number of phosphoric acid groups is 1. The second kappa shape index (κ2) is 40.6. The largest absolute Gasteiger partial charge is 0.472 e. The summed E-state index contributed by atoms with van der Waals surface area (Å²) in [4.78, 5) is 23.1. The van der Waals surface area contributed by atoms with Crippen LogP contribution in [0.3, 0.4) is 0 Å². The van der Waals surface area contributed by atoms with Gasteiger partial charge in [0.2, 0.25) is 5.91 Å². The number of nitrogens with one attached hydrogen (secondary N) is 1. The fourth-order valence-corrected chi connectivity index (χ4v) is 7.22. The first-order chi connectivity index (χ1) is 28.0. The highest BCUT2D eigenvalue weighted by molar-refractivity contribution is 7.47. The molecule has 0 fully saturated rings. The molecule has 3 N–H and O–H groups in total. The number of carbonyl (C=O) groups excluding carboxylic acids is 1. The summed E-state index contributed by atoms with van der Waals surface area (Å²) in [5.41, 5.74) is 0. The molecule has 9 heteroatoms. The molecule has 0 aliphatic heterocycles. The lowest BCUT2D eigenvalue weighted by atomic mass is 10.0. The highest BCUT2D eigenvalue weighted by atomic mass is 31.2. The van der Waals surface area contributed by atoms with Gasteiger partial charge in [0.15, 0.2) is 0 Å². The number of aliphatic hydroxyl groups excluding tert-OH is 1. The fourth-order valence-electron chi connectivity index (χ4n) is 6.48. The molecule has 0 rings (SSSR count). The summed E-state index contributed by atoms with van der Waals surface area (Å²) in [6.07, 6.45) is 52.9. The van der Waals surface area contributed by atoms with Crippen LogP contribution in [-0.2, 0) is 18.4 Å². The van der Waals surface area contributed by atoms with Crippen LogP contribution in [0.4, 0.5) is 0 Å². The summed E-state index contributed by atoms with van der Waals surface area (Å²) in [6.45, 7) is 4.67. The Morgan fingerprint density at radius 3 is 1.59 bits per heavy atom. The van der Waals surface area contributed by atoms with E-state index in [0.29, 0.717) is 17.4 Å². The Morgan fingerprint density at radius 1 is 0.603 bits per heavy atom. The number of likely N-dealkylation sites (N-methyl/N-ethyl adjacent to an activating group) is 1. The Bertz CT molecular complexity index is 1130. The maximum Gasteiger partial charge on any atom is 0.472 e. The van der Waals surface area contributed by atoms with E-state index in [0.717, 1.165) is 70.6 Å². The molecule has 0 aromatic heterocycles. The Morgan fingerprint density at radius 2 is 1.05 bits per heavy atom. The van der Waals surface area contributed by atoms with Crippen molar-refractivity contribution in [3.63, 3.8) is 0 Å². The van der Waals surface area contributed by atoms with Crippen molar-refractivity contribution in [2.75, 3.05) is 40.9 Å². The van der Waals surface area contributed by atoms with E-state index in [4.69, 9.17) is 9.05 Å². The topological polar surface area (TPSA) is 105 Å². The normalized spacial score (nSPS) is 14.8. The van der Waals surface area contributed by atoms with Crippen molar-refractivity contribution in [2.45, 2.75) is 206 Å². The minimum Gasteiger partial charge on any atom is -0.387 e. The van der Waals surface area contributed by atoms with Crippen LogP contribution >= 0.6 is 7.82 Å². The predicted molar refractivity (Wildman–Crippen MR) is 249 cm³/mol. The van der Waals surface area contributed by atoms with Crippen molar-refractivity contribution < 1.29 is 32.9 Å².